The molecule has 1 saturated heterocycles. The molecule has 1 unspecified atom stereocenters. The van der Waals surface area contributed by atoms with Crippen molar-refractivity contribution in [2.75, 3.05) is 18.0 Å². The molecule has 0 aliphatic carbocycles. The summed E-state index contributed by atoms with van der Waals surface area (Å²) < 4.78 is 0. The molecule has 2 heterocycles. The summed E-state index contributed by atoms with van der Waals surface area (Å²) in [7, 11) is 0. The van der Waals surface area contributed by atoms with E-state index in [1.165, 1.54) is 6.07 Å². The van der Waals surface area contributed by atoms with Gasteiger partial charge in [0.1, 0.15) is 0 Å². The molecule has 0 aromatic carbocycles. The zero-order chi connectivity index (χ0) is 13.3. The number of nitrogens with zero attached hydrogens (tertiary/aromatic N) is 3. The number of anilines is 1. The van der Waals surface area contributed by atoms with E-state index in [1.54, 1.807) is 12.3 Å². The van der Waals surface area contributed by atoms with Crippen LogP contribution in [0.3, 0.4) is 0 Å². The van der Waals surface area contributed by atoms with Crippen molar-refractivity contribution >= 4 is 11.5 Å². The second kappa shape index (κ2) is 4.53. The largest absolute Gasteiger partial charge is 0.350 e. The quantitative estimate of drug-likeness (QED) is 0.635. The summed E-state index contributed by atoms with van der Waals surface area (Å²) in [5.74, 6) is 0.447. The molecule has 98 valence electrons. The van der Waals surface area contributed by atoms with Crippen molar-refractivity contribution in [1.29, 1.82) is 0 Å². The zero-order valence-corrected chi connectivity index (χ0v) is 10.7. The van der Waals surface area contributed by atoms with Crippen LogP contribution in [0.1, 0.15) is 20.3 Å². The Morgan fingerprint density at radius 2 is 2.33 bits per heavy atom. The van der Waals surface area contributed by atoms with Crippen LogP contribution in [0.4, 0.5) is 11.5 Å². The van der Waals surface area contributed by atoms with E-state index in [0.717, 1.165) is 6.42 Å². The van der Waals surface area contributed by atoms with E-state index in [9.17, 15) is 10.1 Å². The molecule has 0 bridgehead atoms. The van der Waals surface area contributed by atoms with E-state index in [1.807, 2.05) is 4.90 Å². The van der Waals surface area contributed by atoms with Crippen LogP contribution < -0.4 is 10.6 Å². The lowest BCUT2D eigenvalue weighted by Gasteiger charge is -2.42. The van der Waals surface area contributed by atoms with Gasteiger partial charge in [0.05, 0.1) is 4.92 Å². The SMILES string of the molecule is CC1(C)CN(c2ncccc2[N+](=O)[O-])CCC1N. The van der Waals surface area contributed by atoms with Crippen LogP contribution in [0.25, 0.3) is 0 Å². The summed E-state index contributed by atoms with van der Waals surface area (Å²) in [6, 6.07) is 3.20. The van der Waals surface area contributed by atoms with E-state index < -0.39 is 0 Å². The third-order valence-electron chi connectivity index (χ3n) is 3.57. The van der Waals surface area contributed by atoms with Crippen molar-refractivity contribution in [3.8, 4) is 0 Å². The van der Waals surface area contributed by atoms with Gasteiger partial charge in [0.15, 0.2) is 0 Å². The lowest BCUT2D eigenvalue weighted by atomic mass is 9.79. The van der Waals surface area contributed by atoms with Crippen LogP contribution in [0.15, 0.2) is 18.3 Å². The van der Waals surface area contributed by atoms with Gasteiger partial charge in [-0.3, -0.25) is 10.1 Å². The van der Waals surface area contributed by atoms with E-state index in [-0.39, 0.29) is 22.1 Å². The van der Waals surface area contributed by atoms with Gasteiger partial charge in [0.2, 0.25) is 5.82 Å². The van der Waals surface area contributed by atoms with Crippen molar-refractivity contribution in [3.05, 3.63) is 28.4 Å². The average Bonchev–Trinajstić information content (AvgIpc) is 2.32. The maximum Gasteiger partial charge on any atom is 0.311 e. The maximum absolute atomic E-state index is 11.0. The summed E-state index contributed by atoms with van der Waals surface area (Å²) in [5, 5.41) is 11.0. The highest BCUT2D eigenvalue weighted by molar-refractivity contribution is 5.57. The molecule has 1 aromatic heterocycles. The molecule has 0 radical (unpaired) electrons. The standard InChI is InChI=1S/C12H18N4O2/c1-12(2)8-15(7-5-10(12)13)11-9(16(17)18)4-3-6-14-11/h3-4,6,10H,5,7-8,13H2,1-2H3. The number of rotatable bonds is 2. The highest BCUT2D eigenvalue weighted by Gasteiger charge is 2.35. The molecule has 1 aromatic rings. The fraction of sp³-hybridized carbons (Fsp3) is 0.583. The summed E-state index contributed by atoms with van der Waals surface area (Å²) in [6.45, 7) is 5.56. The van der Waals surface area contributed by atoms with Gasteiger partial charge in [-0.1, -0.05) is 13.8 Å². The Bertz CT molecular complexity index is 461. The smallest absolute Gasteiger partial charge is 0.311 e. The predicted octanol–water partition coefficient (Wildman–Crippen LogP) is 1.55. The monoisotopic (exact) mass is 250 g/mol. The van der Waals surface area contributed by atoms with Gasteiger partial charge in [0.25, 0.3) is 0 Å². The third-order valence-corrected chi connectivity index (χ3v) is 3.57. The minimum Gasteiger partial charge on any atom is -0.350 e. The normalized spacial score (nSPS) is 22.8. The molecule has 2 rings (SSSR count). The Morgan fingerprint density at radius 3 is 2.94 bits per heavy atom. The number of nitrogens with two attached hydrogens (primary N) is 1. The maximum atomic E-state index is 11.0. The van der Waals surface area contributed by atoms with E-state index in [0.29, 0.717) is 18.9 Å². The van der Waals surface area contributed by atoms with Crippen LogP contribution >= 0.6 is 0 Å². The number of nitro groups is 1. The second-order valence-corrected chi connectivity index (χ2v) is 5.41. The van der Waals surface area contributed by atoms with E-state index in [2.05, 4.69) is 18.8 Å². The molecule has 1 atom stereocenters. The topological polar surface area (TPSA) is 85.3 Å². The predicted molar refractivity (Wildman–Crippen MR) is 69.5 cm³/mol. The minimum atomic E-state index is -0.385. The number of aromatic nitrogens is 1. The van der Waals surface area contributed by atoms with Gasteiger partial charge < -0.3 is 10.6 Å². The summed E-state index contributed by atoms with van der Waals surface area (Å²) >= 11 is 0. The molecular weight excluding hydrogens is 232 g/mol. The van der Waals surface area contributed by atoms with Gasteiger partial charge >= 0.3 is 5.69 Å². The van der Waals surface area contributed by atoms with Crippen molar-refractivity contribution in [2.24, 2.45) is 11.1 Å². The molecule has 0 amide bonds. The van der Waals surface area contributed by atoms with Crippen molar-refractivity contribution in [3.63, 3.8) is 0 Å². The molecule has 2 N–H and O–H groups in total. The summed E-state index contributed by atoms with van der Waals surface area (Å²) in [4.78, 5) is 16.7. The number of hydrogen-bond acceptors (Lipinski definition) is 5. The second-order valence-electron chi connectivity index (χ2n) is 5.41. The van der Waals surface area contributed by atoms with Gasteiger partial charge in [-0.25, -0.2) is 4.98 Å². The Balaban J connectivity index is 2.30. The molecule has 0 saturated carbocycles. The highest BCUT2D eigenvalue weighted by Crippen LogP contribution is 2.33. The van der Waals surface area contributed by atoms with Crippen molar-refractivity contribution in [2.45, 2.75) is 26.3 Å². The zero-order valence-electron chi connectivity index (χ0n) is 10.7. The molecule has 1 fully saturated rings. The first-order chi connectivity index (χ1) is 8.42. The van der Waals surface area contributed by atoms with Crippen LogP contribution in [0.5, 0.6) is 0 Å². The molecule has 6 heteroatoms. The van der Waals surface area contributed by atoms with E-state index in [4.69, 9.17) is 5.73 Å². The lowest BCUT2D eigenvalue weighted by Crippen LogP contribution is -2.52. The van der Waals surface area contributed by atoms with Crippen LogP contribution in [0, 0.1) is 15.5 Å². The van der Waals surface area contributed by atoms with Gasteiger partial charge in [-0.15, -0.1) is 0 Å². The number of hydrogen-bond donors (Lipinski definition) is 1. The molecule has 18 heavy (non-hydrogen) atoms. The van der Waals surface area contributed by atoms with Gasteiger partial charge in [0, 0.05) is 31.4 Å². The highest BCUT2D eigenvalue weighted by atomic mass is 16.6. The average molecular weight is 250 g/mol. The molecule has 1 aliphatic rings. The lowest BCUT2D eigenvalue weighted by molar-refractivity contribution is -0.384. The minimum absolute atomic E-state index is 0.0590. The third kappa shape index (κ3) is 2.28. The van der Waals surface area contributed by atoms with Crippen molar-refractivity contribution in [1.82, 2.24) is 4.98 Å². The fourth-order valence-corrected chi connectivity index (χ4v) is 2.33. The fourth-order valence-electron chi connectivity index (χ4n) is 2.33. The van der Waals surface area contributed by atoms with Gasteiger partial charge in [-0.2, -0.15) is 0 Å². The van der Waals surface area contributed by atoms with Crippen molar-refractivity contribution < 1.29 is 4.92 Å². The first kappa shape index (κ1) is 12.8. The molecule has 0 spiro atoms. The Labute approximate surface area is 106 Å². The number of piperidine rings is 1. The number of pyridine rings is 1. The van der Waals surface area contributed by atoms with Crippen LogP contribution in [-0.4, -0.2) is 29.0 Å². The molecular formula is C12H18N4O2. The summed E-state index contributed by atoms with van der Waals surface area (Å²) in [6.07, 6.45) is 2.41. The van der Waals surface area contributed by atoms with Crippen LogP contribution in [0.2, 0.25) is 0 Å². The Hall–Kier alpha value is -1.69. The van der Waals surface area contributed by atoms with Crippen LogP contribution in [-0.2, 0) is 0 Å². The first-order valence-corrected chi connectivity index (χ1v) is 6.02. The molecule has 6 nitrogen and oxygen atoms in total. The van der Waals surface area contributed by atoms with Gasteiger partial charge in [-0.05, 0) is 17.9 Å². The Morgan fingerprint density at radius 1 is 1.61 bits per heavy atom. The Kier molecular flexibility index (Phi) is 3.21. The van der Waals surface area contributed by atoms with E-state index >= 15 is 0 Å². The first-order valence-electron chi connectivity index (χ1n) is 6.02. The summed E-state index contributed by atoms with van der Waals surface area (Å²) in [5.41, 5.74) is 6.06. The molecule has 1 aliphatic heterocycles.